The summed E-state index contributed by atoms with van der Waals surface area (Å²) in [4.78, 5) is 11.3. The van der Waals surface area contributed by atoms with Crippen LogP contribution in [-0.4, -0.2) is 24.8 Å². The number of allylic oxidation sites excluding steroid dienone is 1. The van der Waals surface area contributed by atoms with Gasteiger partial charge >= 0.3 is 105 Å². The molecule has 0 aromatic carbocycles. The molecule has 0 bridgehead atoms. The molecule has 0 aromatic rings. The molecule has 0 aliphatic heterocycles. The molecule has 3 heteroatoms. The molecule has 94 valence electrons. The van der Waals surface area contributed by atoms with E-state index in [0.29, 0.717) is 0 Å². The minimum atomic E-state index is -2.68. The van der Waals surface area contributed by atoms with Gasteiger partial charge in [0.05, 0.1) is 0 Å². The number of unbranched alkanes of at least 4 members (excludes halogenated alkanes) is 2. The first-order chi connectivity index (χ1) is 7.60. The SMILES string of the molecule is C=C[CH2][Sn]([CH2]CCC)([CH2]CCC)[O]C(C)=O. The fourth-order valence-corrected chi connectivity index (χ4v) is 13.7. The molecular weight excluding hydrogens is 307 g/mol. The van der Waals surface area contributed by atoms with Crippen molar-refractivity contribution in [3.05, 3.63) is 12.7 Å². The van der Waals surface area contributed by atoms with Crippen LogP contribution in [0, 0.1) is 0 Å². The second-order valence-electron chi connectivity index (χ2n) is 4.48. The van der Waals surface area contributed by atoms with Gasteiger partial charge in [-0.1, -0.05) is 0 Å². The first-order valence-corrected chi connectivity index (χ1v) is 13.6. The number of carbonyl (C=O) groups is 1. The van der Waals surface area contributed by atoms with Crippen molar-refractivity contribution in [1.29, 1.82) is 0 Å². The fourth-order valence-electron chi connectivity index (χ4n) is 2.04. The normalized spacial score (nSPS) is 11.2. The molecule has 0 aliphatic carbocycles. The van der Waals surface area contributed by atoms with Crippen LogP contribution in [0.4, 0.5) is 0 Å². The van der Waals surface area contributed by atoms with E-state index in [2.05, 4.69) is 20.4 Å². The van der Waals surface area contributed by atoms with Crippen LogP contribution >= 0.6 is 0 Å². The van der Waals surface area contributed by atoms with Crippen molar-refractivity contribution in [3.8, 4) is 0 Å². The Kier molecular flexibility index (Phi) is 9.09. The number of hydrogen-bond acceptors (Lipinski definition) is 2. The Hall–Kier alpha value is 0.00870. The van der Waals surface area contributed by atoms with E-state index >= 15 is 0 Å². The Balaban J connectivity index is 4.57. The Morgan fingerprint density at radius 3 is 2.06 bits per heavy atom. The van der Waals surface area contributed by atoms with Gasteiger partial charge in [-0.05, 0) is 0 Å². The molecule has 0 rings (SSSR count). The summed E-state index contributed by atoms with van der Waals surface area (Å²) in [6, 6.07) is 0. The van der Waals surface area contributed by atoms with E-state index in [9.17, 15) is 4.79 Å². The zero-order valence-corrected chi connectivity index (χ0v) is 13.9. The monoisotopic (exact) mass is 334 g/mol. The first-order valence-electron chi connectivity index (χ1n) is 6.40. The first kappa shape index (κ1) is 16.0. The molecule has 0 saturated carbocycles. The molecule has 0 fully saturated rings. The minimum absolute atomic E-state index is 0.0788. The van der Waals surface area contributed by atoms with Crippen molar-refractivity contribution in [3.63, 3.8) is 0 Å². The zero-order valence-electron chi connectivity index (χ0n) is 11.1. The van der Waals surface area contributed by atoms with Crippen LogP contribution in [0.1, 0.15) is 46.5 Å². The molecular formula is C13H26O2Sn. The van der Waals surface area contributed by atoms with Crippen LogP contribution in [0.25, 0.3) is 0 Å². The Bertz CT molecular complexity index is 206. The quantitative estimate of drug-likeness (QED) is 0.465. The molecule has 16 heavy (non-hydrogen) atoms. The summed E-state index contributed by atoms with van der Waals surface area (Å²) in [7, 11) is 0. The Morgan fingerprint density at radius 1 is 1.25 bits per heavy atom. The van der Waals surface area contributed by atoms with Gasteiger partial charge in [0.15, 0.2) is 0 Å². The van der Waals surface area contributed by atoms with E-state index < -0.39 is 18.8 Å². The van der Waals surface area contributed by atoms with E-state index in [4.69, 9.17) is 3.07 Å². The van der Waals surface area contributed by atoms with Crippen LogP contribution in [0.3, 0.4) is 0 Å². The summed E-state index contributed by atoms with van der Waals surface area (Å²) in [5.74, 6) is -0.0788. The molecule has 0 amide bonds. The average Bonchev–Trinajstić information content (AvgIpc) is 2.23. The van der Waals surface area contributed by atoms with Crippen LogP contribution in [0.5, 0.6) is 0 Å². The summed E-state index contributed by atoms with van der Waals surface area (Å²) in [5.41, 5.74) is 0. The van der Waals surface area contributed by atoms with E-state index in [0.717, 1.165) is 13.3 Å². The average molecular weight is 333 g/mol. The van der Waals surface area contributed by atoms with Crippen molar-refractivity contribution in [2.45, 2.75) is 59.8 Å². The molecule has 0 spiro atoms. The van der Waals surface area contributed by atoms with Gasteiger partial charge in [0.1, 0.15) is 0 Å². The van der Waals surface area contributed by atoms with Gasteiger partial charge in [0.25, 0.3) is 0 Å². The van der Waals surface area contributed by atoms with E-state index in [1.807, 2.05) is 6.08 Å². The molecule has 0 unspecified atom stereocenters. The maximum absolute atomic E-state index is 11.3. The van der Waals surface area contributed by atoms with Crippen molar-refractivity contribution < 1.29 is 7.87 Å². The predicted octanol–water partition coefficient (Wildman–Crippen LogP) is 4.28. The zero-order chi connectivity index (χ0) is 12.4. The second kappa shape index (κ2) is 9.08. The van der Waals surface area contributed by atoms with Gasteiger partial charge < -0.3 is 0 Å². The summed E-state index contributed by atoms with van der Waals surface area (Å²) in [6.45, 7) is 9.76. The van der Waals surface area contributed by atoms with E-state index in [-0.39, 0.29) is 5.97 Å². The van der Waals surface area contributed by atoms with Crippen LogP contribution in [-0.2, 0) is 7.87 Å². The van der Waals surface area contributed by atoms with Crippen molar-refractivity contribution in [2.75, 3.05) is 0 Å². The third-order valence-corrected chi connectivity index (χ3v) is 15.1. The number of carbonyl (C=O) groups excluding carboxylic acids is 1. The van der Waals surface area contributed by atoms with Gasteiger partial charge in [0.2, 0.25) is 0 Å². The predicted molar refractivity (Wildman–Crippen MR) is 72.0 cm³/mol. The topological polar surface area (TPSA) is 26.3 Å². The fraction of sp³-hybridized carbons (Fsp3) is 0.769. The van der Waals surface area contributed by atoms with E-state index in [1.54, 1.807) is 6.92 Å². The standard InChI is InChI=1S/2C4H9.C3H5.C2H4O2.Sn/c2*1-3-4-2;1-3-2;1-2(3)4;/h2*1,3-4H2,2H3;3H,1-2H2;1H3,(H,3,4);/q;;;;+1/p-1. The third kappa shape index (κ3) is 6.56. The second-order valence-corrected chi connectivity index (χ2v) is 15.8. The van der Waals surface area contributed by atoms with Gasteiger partial charge in [-0.25, -0.2) is 0 Å². The summed E-state index contributed by atoms with van der Waals surface area (Å²) in [6.07, 6.45) is 6.72. The molecule has 0 N–H and O–H groups in total. The number of rotatable bonds is 9. The van der Waals surface area contributed by atoms with Crippen LogP contribution < -0.4 is 0 Å². The van der Waals surface area contributed by atoms with Crippen molar-refractivity contribution in [1.82, 2.24) is 0 Å². The summed E-state index contributed by atoms with van der Waals surface area (Å²) < 4.78 is 9.09. The van der Waals surface area contributed by atoms with E-state index in [1.165, 1.54) is 25.7 Å². The summed E-state index contributed by atoms with van der Waals surface area (Å²) in [5, 5.41) is 0. The van der Waals surface area contributed by atoms with Crippen molar-refractivity contribution >= 4 is 24.8 Å². The maximum atomic E-state index is 11.3. The molecule has 0 aliphatic rings. The number of hydrogen-bond donors (Lipinski definition) is 0. The van der Waals surface area contributed by atoms with Gasteiger partial charge in [-0.2, -0.15) is 0 Å². The third-order valence-electron chi connectivity index (χ3n) is 2.85. The Morgan fingerprint density at radius 2 is 1.75 bits per heavy atom. The molecule has 0 saturated heterocycles. The van der Waals surface area contributed by atoms with Gasteiger partial charge in [-0.3, -0.25) is 0 Å². The molecule has 0 radical (unpaired) electrons. The van der Waals surface area contributed by atoms with Gasteiger partial charge in [0, 0.05) is 0 Å². The summed E-state index contributed by atoms with van der Waals surface area (Å²) >= 11 is -2.68. The van der Waals surface area contributed by atoms with Crippen LogP contribution in [0.2, 0.25) is 13.3 Å². The molecule has 0 atom stereocenters. The van der Waals surface area contributed by atoms with Crippen molar-refractivity contribution in [2.24, 2.45) is 0 Å². The molecule has 0 heterocycles. The van der Waals surface area contributed by atoms with Gasteiger partial charge in [-0.15, -0.1) is 0 Å². The molecule has 2 nitrogen and oxygen atoms in total. The Labute approximate surface area is 105 Å². The van der Waals surface area contributed by atoms with Crippen LogP contribution in [0.15, 0.2) is 12.7 Å². The molecule has 0 aromatic heterocycles.